The first-order valence-electron chi connectivity index (χ1n) is 30.5. The van der Waals surface area contributed by atoms with Crippen molar-refractivity contribution in [2.45, 2.75) is 302 Å². The van der Waals surface area contributed by atoms with Crippen LogP contribution in [0.15, 0.2) is 63.8 Å². The van der Waals surface area contributed by atoms with Gasteiger partial charge in [0, 0.05) is 6.61 Å². The second-order valence-electron chi connectivity index (χ2n) is 27.7. The number of carbonyl (C=O) groups excluding carboxylic acids is 3. The zero-order chi connectivity index (χ0) is 66.4. The highest BCUT2D eigenvalue weighted by molar-refractivity contribution is 6.75. The maximum Gasteiger partial charge on any atom is 0.308 e. The Morgan fingerprint density at radius 3 is 1.12 bits per heavy atom. The number of hydrogen-bond acceptors (Lipinski definition) is 17. The molecule has 97 heavy (non-hydrogen) atoms. The van der Waals surface area contributed by atoms with E-state index in [2.05, 4.69) is 204 Å². The van der Waals surface area contributed by atoms with Gasteiger partial charge in [-0.25, -0.2) is 14.7 Å². The third kappa shape index (κ3) is 54.1. The lowest BCUT2D eigenvalue weighted by atomic mass is 9.91. The number of aliphatic hydroxyl groups excluding tert-OH is 1. The fraction of sp³-hybridized carbons (Fsp3) is 0.829. The van der Waals surface area contributed by atoms with Gasteiger partial charge in [0.05, 0.1) is 59.3 Å². The third-order valence-corrected chi connectivity index (χ3v) is 34.8. The Morgan fingerprint density at radius 2 is 0.825 bits per heavy atom. The molecule has 1 N–H and O–H groups in total. The number of fused-ring (bicyclic) bond motifs is 4. The summed E-state index contributed by atoms with van der Waals surface area (Å²) in [6.07, 6.45) is 15.8. The topological polar surface area (TPSA) is 191 Å². The fourth-order valence-electron chi connectivity index (χ4n) is 8.09. The van der Waals surface area contributed by atoms with Gasteiger partial charge < -0.3 is 42.4 Å². The van der Waals surface area contributed by atoms with Crippen LogP contribution in [0, 0.1) is 35.5 Å². The van der Waals surface area contributed by atoms with Gasteiger partial charge in [0.2, 0.25) is 23.4 Å². The first kappa shape index (κ1) is 131. The molecular weight excluding hydrogens is 1300 g/mol. The summed E-state index contributed by atoms with van der Waals surface area (Å²) in [7, 11) is -7.70. The van der Waals surface area contributed by atoms with E-state index >= 15 is 0 Å². The molecule has 0 aromatic heterocycles. The van der Waals surface area contributed by atoms with Crippen LogP contribution in [0.3, 0.4) is 0 Å². The van der Waals surface area contributed by atoms with Gasteiger partial charge in [0.25, 0.3) is 6.47 Å². The van der Waals surface area contributed by atoms with Crippen LogP contribution in [0.25, 0.3) is 0 Å². The van der Waals surface area contributed by atoms with Crippen molar-refractivity contribution in [1.82, 2.24) is 0 Å². The number of hydrogen-bond donors (Lipinski definition) is 1. The highest BCUT2D eigenvalue weighted by atomic mass is 28.4. The van der Waals surface area contributed by atoms with Crippen molar-refractivity contribution >= 4 is 52.5 Å². The molecule has 4 rings (SSSR count). The van der Waals surface area contributed by atoms with E-state index in [1.165, 1.54) is 25.7 Å². The summed E-state index contributed by atoms with van der Waals surface area (Å²) in [5.41, 5.74) is 0. The van der Waals surface area contributed by atoms with Crippen LogP contribution in [0.1, 0.15) is 217 Å². The molecule has 4 bridgehead atoms. The van der Waals surface area contributed by atoms with Crippen molar-refractivity contribution in [1.29, 1.82) is 0 Å². The summed E-state index contributed by atoms with van der Waals surface area (Å²) in [4.78, 5) is 51.9. The minimum atomic E-state index is -2.06. The highest BCUT2D eigenvalue weighted by Crippen LogP contribution is 2.46. The van der Waals surface area contributed by atoms with Crippen molar-refractivity contribution < 1.29 is 80.7 Å². The van der Waals surface area contributed by atoms with E-state index in [-0.39, 0.29) is 161 Å². The summed E-state index contributed by atoms with van der Waals surface area (Å²) < 4.78 is 51.2. The molecular formula is C76H174O17Si4. The van der Waals surface area contributed by atoms with Crippen molar-refractivity contribution in [2.24, 2.45) is 35.5 Å². The molecule has 0 heterocycles. The molecule has 0 aromatic rings. The normalized spacial score (nSPS) is 17.4. The Hall–Kier alpha value is -2.30. The number of ether oxygens (including phenoxy) is 5. The molecule has 6 atom stereocenters. The van der Waals surface area contributed by atoms with Crippen LogP contribution in [-0.4, -0.2) is 149 Å². The molecule has 0 spiro atoms. The smallest absolute Gasteiger partial charge is 0.308 e. The quantitative estimate of drug-likeness (QED) is 0.00934. The van der Waals surface area contributed by atoms with Gasteiger partial charge >= 0.3 is 5.97 Å². The summed E-state index contributed by atoms with van der Waals surface area (Å²) in [5.74, 6) is 4.33. The first-order valence-corrected chi connectivity index (χ1v) is 42.1. The van der Waals surface area contributed by atoms with E-state index in [9.17, 15) is 9.59 Å². The van der Waals surface area contributed by atoms with Crippen LogP contribution in [0.2, 0.25) is 72.5 Å². The largest absolute Gasteiger partial charge is 0.466 e. The van der Waals surface area contributed by atoms with Gasteiger partial charge in [0.15, 0.2) is 16.6 Å². The molecule has 0 aromatic carbocycles. The van der Waals surface area contributed by atoms with Gasteiger partial charge in [-0.3, -0.25) is 18.7 Å². The Morgan fingerprint density at radius 1 is 0.474 bits per heavy atom. The Balaban J connectivity index is -0.0000000776. The highest BCUT2D eigenvalue weighted by Gasteiger charge is 2.42. The van der Waals surface area contributed by atoms with E-state index < -0.39 is 45.5 Å². The molecule has 2 fully saturated rings. The Labute approximate surface area is 610 Å². The molecule has 0 aliphatic heterocycles. The zero-order valence-electron chi connectivity index (χ0n) is 57.4. The van der Waals surface area contributed by atoms with E-state index in [4.69, 9.17) is 66.4 Å². The second kappa shape index (κ2) is 66.9. The average molecular weight is 1470 g/mol. The number of aliphatic hydroxyl groups is 1. The SMILES string of the molecule is C.C.C.C.C.C.C.C.C.C.C.C.C=C.C=C.C=C.C=O.CC(C)(C)[Si](C)(C)OCCOCC(COCCO[Si](C)(C)C(C)(C)C)OOCOC=O.CC(C)(C)[Si](C)(C)OOCC(COO[Si](C)(C)C(C)(C)C)OCCC(=O)OCCC1CC2C=CC1C2.OCCC1CC2C=CC1C2. The lowest BCUT2D eigenvalue weighted by Crippen LogP contribution is -2.43. The molecule has 0 saturated heterocycles. The molecule has 6 unspecified atom stereocenters. The minimum absolute atomic E-state index is 0. The van der Waals surface area contributed by atoms with Crippen molar-refractivity contribution in [3.05, 3.63) is 63.8 Å². The molecule has 21 heteroatoms. The summed E-state index contributed by atoms with van der Waals surface area (Å²) in [6, 6.07) is 0. The van der Waals surface area contributed by atoms with Crippen molar-refractivity contribution in [2.75, 3.05) is 79.5 Å². The molecule has 596 valence electrons. The number of rotatable bonds is 34. The molecule has 4 aliphatic rings. The standard InChI is InChI=1S/C27H52O7Si2.C21H46O8Si2.C9H14O.3C2H4.CH2O.12CH4/c1-26(2,3)35(7,8)33-31-19-24(20-32-34-36(9,10)27(4,5)6)29-16-14-25(28)30-15-13-23-18-21-11-12-22(23)17-21;1-20(2,3)30(7,8)27-13-11-23-15-19(29-26-18-25-17-22)16-24-12-14-28-31(9,10)21(4,5)6;10-4-3-9-6-7-1-2-8(9)5-7;4*1-2;;;;;;;;;;;;/h11-12,21-24H,13-20H2,1-10H3;17,19H,11-16,18H2,1-10H3;1-2,7-10H,3-6H2;3*1-2H2;1H2;12*1H4. The predicted molar refractivity (Wildman–Crippen MR) is 435 cm³/mol. The lowest BCUT2D eigenvalue weighted by Gasteiger charge is -2.36. The molecule has 2 saturated carbocycles. The maximum atomic E-state index is 12.3. The monoisotopic (exact) mass is 1470 g/mol. The zero-order valence-corrected chi connectivity index (χ0v) is 61.4. The van der Waals surface area contributed by atoms with Crippen LogP contribution < -0.4 is 0 Å². The number of esters is 1. The summed E-state index contributed by atoms with van der Waals surface area (Å²) >= 11 is 0. The van der Waals surface area contributed by atoms with Crippen LogP contribution in [0.4, 0.5) is 0 Å². The van der Waals surface area contributed by atoms with Crippen molar-refractivity contribution in [3.63, 3.8) is 0 Å². The molecule has 4 aliphatic carbocycles. The second-order valence-corrected chi connectivity index (χ2v) is 46.7. The number of carbonyl (C=O) groups is 3. The first-order chi connectivity index (χ1) is 39.6. The van der Waals surface area contributed by atoms with Gasteiger partial charge in [-0.1, -0.05) is 197 Å². The lowest BCUT2D eigenvalue weighted by molar-refractivity contribution is -0.363. The van der Waals surface area contributed by atoms with Crippen LogP contribution in [-0.2, 0) is 75.6 Å². The van der Waals surface area contributed by atoms with Gasteiger partial charge in [-0.15, -0.1) is 39.5 Å². The fourth-order valence-corrected chi connectivity index (χ4v) is 11.4. The predicted octanol–water partition coefficient (Wildman–Crippen LogP) is 22.8. The van der Waals surface area contributed by atoms with Gasteiger partial charge in [-0.05, 0) is 147 Å². The summed E-state index contributed by atoms with van der Waals surface area (Å²) in [5, 5.41) is 9.11. The Bertz CT molecular complexity index is 1720. The maximum absolute atomic E-state index is 12.3. The van der Waals surface area contributed by atoms with Crippen LogP contribution in [0.5, 0.6) is 0 Å². The van der Waals surface area contributed by atoms with E-state index in [0.29, 0.717) is 57.9 Å². The third-order valence-electron chi connectivity index (χ3n) is 17.4. The van der Waals surface area contributed by atoms with Crippen LogP contribution >= 0.6 is 0 Å². The van der Waals surface area contributed by atoms with Gasteiger partial charge in [0.1, 0.15) is 32.2 Å². The van der Waals surface area contributed by atoms with E-state index in [1.807, 2.05) is 6.79 Å². The minimum Gasteiger partial charge on any atom is -0.466 e. The Kier molecular flexibility index (Phi) is 90.3. The summed E-state index contributed by atoms with van der Waals surface area (Å²) in [6.45, 7) is 67.5. The molecule has 17 nitrogen and oxygen atoms in total. The van der Waals surface area contributed by atoms with Gasteiger partial charge in [-0.2, -0.15) is 4.89 Å². The molecule has 0 amide bonds. The average Bonchev–Trinajstić information content (AvgIpc) is 1.84. The van der Waals surface area contributed by atoms with E-state index in [0.717, 1.165) is 36.5 Å². The number of allylic oxidation sites excluding steroid dienone is 4. The van der Waals surface area contributed by atoms with E-state index in [1.54, 1.807) is 0 Å². The molecule has 0 radical (unpaired) electrons. The van der Waals surface area contributed by atoms with Crippen molar-refractivity contribution in [3.8, 4) is 0 Å².